The molecule has 3 rings (SSSR count). The highest BCUT2D eigenvalue weighted by atomic mass is 32.1. The minimum absolute atomic E-state index is 0.291. The van der Waals surface area contributed by atoms with Gasteiger partial charge in [-0.3, -0.25) is 9.59 Å². The van der Waals surface area contributed by atoms with Gasteiger partial charge in [-0.1, -0.05) is 50.1 Å². The Labute approximate surface area is 180 Å². The van der Waals surface area contributed by atoms with E-state index in [0.29, 0.717) is 36.4 Å². The van der Waals surface area contributed by atoms with Gasteiger partial charge < -0.3 is 15.2 Å². The van der Waals surface area contributed by atoms with Crippen molar-refractivity contribution in [2.45, 2.75) is 46.0 Å². The average molecular weight is 430 g/mol. The summed E-state index contributed by atoms with van der Waals surface area (Å²) in [4.78, 5) is 38.4. The van der Waals surface area contributed by atoms with Gasteiger partial charge in [0.2, 0.25) is 5.91 Å². The highest BCUT2D eigenvalue weighted by Crippen LogP contribution is 2.41. The zero-order valence-corrected chi connectivity index (χ0v) is 18.1. The van der Waals surface area contributed by atoms with Gasteiger partial charge in [0.05, 0.1) is 18.4 Å². The van der Waals surface area contributed by atoms with E-state index < -0.39 is 23.8 Å². The number of thiophene rings is 1. The van der Waals surface area contributed by atoms with E-state index in [9.17, 15) is 19.5 Å². The van der Waals surface area contributed by atoms with E-state index in [1.165, 1.54) is 11.3 Å². The maximum absolute atomic E-state index is 13.0. The van der Waals surface area contributed by atoms with Crippen LogP contribution in [0, 0.1) is 18.8 Å². The first-order valence-corrected chi connectivity index (χ1v) is 11.1. The number of hydrogen-bond donors (Lipinski definition) is 2. The Morgan fingerprint density at radius 2 is 1.80 bits per heavy atom. The molecule has 2 aromatic rings. The van der Waals surface area contributed by atoms with Crippen LogP contribution in [0.5, 0.6) is 0 Å². The SMILES string of the molecule is CCCOC(=O)c1c(NC(=O)[C@H]2CCCC[C@@H]2C(=O)O)sc(C)c1-c1ccccc1. The molecule has 0 aliphatic heterocycles. The number of carboxylic acid groups (broad SMARTS) is 1. The van der Waals surface area contributed by atoms with Crippen LogP contribution in [-0.4, -0.2) is 29.6 Å². The number of nitrogens with one attached hydrogen (secondary N) is 1. The second-order valence-electron chi connectivity index (χ2n) is 7.56. The summed E-state index contributed by atoms with van der Waals surface area (Å²) < 4.78 is 5.40. The summed E-state index contributed by atoms with van der Waals surface area (Å²) in [5.74, 6) is -3.05. The lowest BCUT2D eigenvalue weighted by atomic mass is 9.78. The average Bonchev–Trinajstić information content (AvgIpc) is 3.08. The van der Waals surface area contributed by atoms with Crippen LogP contribution in [0.3, 0.4) is 0 Å². The van der Waals surface area contributed by atoms with Crippen molar-refractivity contribution in [3.63, 3.8) is 0 Å². The van der Waals surface area contributed by atoms with E-state index in [2.05, 4.69) is 5.32 Å². The normalized spacial score (nSPS) is 18.6. The van der Waals surface area contributed by atoms with Crippen molar-refractivity contribution >= 4 is 34.2 Å². The topological polar surface area (TPSA) is 92.7 Å². The number of hydrogen-bond acceptors (Lipinski definition) is 5. The van der Waals surface area contributed by atoms with Crippen LogP contribution >= 0.6 is 11.3 Å². The number of anilines is 1. The first kappa shape index (κ1) is 22.0. The largest absolute Gasteiger partial charge is 0.481 e. The third-order valence-electron chi connectivity index (χ3n) is 5.44. The smallest absolute Gasteiger partial charge is 0.341 e. The predicted octanol–water partition coefficient (Wildman–Crippen LogP) is 5.12. The minimum Gasteiger partial charge on any atom is -0.481 e. The lowest BCUT2D eigenvalue weighted by Gasteiger charge is -2.27. The number of aryl methyl sites for hydroxylation is 1. The Balaban J connectivity index is 1.96. The van der Waals surface area contributed by atoms with Crippen LogP contribution in [0.1, 0.15) is 54.3 Å². The Kier molecular flexibility index (Phi) is 7.26. The number of amides is 1. The molecule has 0 radical (unpaired) electrons. The first-order valence-electron chi connectivity index (χ1n) is 10.3. The lowest BCUT2D eigenvalue weighted by Crippen LogP contribution is -2.36. The molecule has 1 saturated carbocycles. The van der Waals surface area contributed by atoms with Crippen molar-refractivity contribution < 1.29 is 24.2 Å². The van der Waals surface area contributed by atoms with Crippen LogP contribution in [0.25, 0.3) is 11.1 Å². The Bertz CT molecular complexity index is 921. The maximum Gasteiger partial charge on any atom is 0.341 e. The zero-order chi connectivity index (χ0) is 21.7. The molecule has 160 valence electrons. The monoisotopic (exact) mass is 429 g/mol. The van der Waals surface area contributed by atoms with Gasteiger partial charge in [0.1, 0.15) is 10.6 Å². The molecule has 1 aliphatic rings. The number of carbonyl (C=O) groups is 3. The van der Waals surface area contributed by atoms with Crippen LogP contribution < -0.4 is 5.32 Å². The van der Waals surface area contributed by atoms with Crippen LogP contribution in [0.2, 0.25) is 0 Å². The highest BCUT2D eigenvalue weighted by molar-refractivity contribution is 7.17. The van der Waals surface area contributed by atoms with Gasteiger partial charge in [-0.25, -0.2) is 4.79 Å². The van der Waals surface area contributed by atoms with E-state index in [1.54, 1.807) is 0 Å². The molecule has 1 heterocycles. The van der Waals surface area contributed by atoms with Gasteiger partial charge >= 0.3 is 11.9 Å². The van der Waals surface area contributed by atoms with Gasteiger partial charge in [-0.05, 0) is 31.7 Å². The second kappa shape index (κ2) is 9.89. The molecule has 1 aliphatic carbocycles. The molecule has 0 unspecified atom stereocenters. The molecule has 0 saturated heterocycles. The molecule has 0 bridgehead atoms. The highest BCUT2D eigenvalue weighted by Gasteiger charge is 2.37. The Morgan fingerprint density at radius 3 is 2.43 bits per heavy atom. The molecular weight excluding hydrogens is 402 g/mol. The van der Waals surface area contributed by atoms with Gasteiger partial charge in [-0.15, -0.1) is 11.3 Å². The summed E-state index contributed by atoms with van der Waals surface area (Å²) in [5.41, 5.74) is 1.96. The number of carboxylic acids is 1. The van der Waals surface area contributed by atoms with E-state index in [1.807, 2.05) is 44.2 Å². The van der Waals surface area contributed by atoms with E-state index >= 15 is 0 Å². The third kappa shape index (κ3) is 4.73. The fraction of sp³-hybridized carbons (Fsp3) is 0.435. The second-order valence-corrected chi connectivity index (χ2v) is 8.79. The number of esters is 1. The molecule has 1 amide bonds. The number of benzene rings is 1. The summed E-state index contributed by atoms with van der Waals surface area (Å²) in [5, 5.41) is 12.8. The molecule has 7 heteroatoms. The standard InChI is InChI=1S/C23H27NO5S/c1-3-13-29-23(28)19-18(15-9-5-4-6-10-15)14(2)30-21(19)24-20(25)16-11-7-8-12-17(16)22(26)27/h4-6,9-10,16-17H,3,7-8,11-13H2,1-2H3,(H,24,25)(H,26,27)/t16-,17-/m0/s1. The van der Waals surface area contributed by atoms with Crippen LogP contribution in [-0.2, 0) is 14.3 Å². The summed E-state index contributed by atoms with van der Waals surface area (Å²) in [6.07, 6.45) is 3.36. The van der Waals surface area contributed by atoms with Crippen molar-refractivity contribution in [1.82, 2.24) is 0 Å². The van der Waals surface area contributed by atoms with Crippen molar-refractivity contribution in [2.75, 3.05) is 11.9 Å². The van der Waals surface area contributed by atoms with E-state index in [-0.39, 0.29) is 5.91 Å². The van der Waals surface area contributed by atoms with Crippen molar-refractivity contribution in [1.29, 1.82) is 0 Å². The number of carbonyl (C=O) groups excluding carboxylic acids is 2. The van der Waals surface area contributed by atoms with Crippen LogP contribution in [0.15, 0.2) is 30.3 Å². The van der Waals surface area contributed by atoms with E-state index in [4.69, 9.17) is 4.74 Å². The van der Waals surface area contributed by atoms with Crippen molar-refractivity contribution in [3.8, 4) is 11.1 Å². The number of aliphatic carboxylic acids is 1. The maximum atomic E-state index is 13.0. The van der Waals surface area contributed by atoms with Gasteiger partial charge in [-0.2, -0.15) is 0 Å². The summed E-state index contributed by atoms with van der Waals surface area (Å²) in [6.45, 7) is 4.11. The molecule has 30 heavy (non-hydrogen) atoms. The third-order valence-corrected chi connectivity index (χ3v) is 6.47. The molecule has 0 spiro atoms. The number of ether oxygens (including phenoxy) is 1. The Morgan fingerprint density at radius 1 is 1.13 bits per heavy atom. The lowest BCUT2D eigenvalue weighted by molar-refractivity contribution is -0.147. The molecule has 1 aromatic carbocycles. The van der Waals surface area contributed by atoms with E-state index in [0.717, 1.165) is 28.8 Å². The van der Waals surface area contributed by atoms with Gasteiger partial charge in [0.15, 0.2) is 0 Å². The fourth-order valence-electron chi connectivity index (χ4n) is 3.99. The Hall–Kier alpha value is -2.67. The summed E-state index contributed by atoms with van der Waals surface area (Å²) in [6, 6.07) is 9.52. The number of rotatable bonds is 7. The van der Waals surface area contributed by atoms with Gasteiger partial charge in [0, 0.05) is 10.4 Å². The zero-order valence-electron chi connectivity index (χ0n) is 17.3. The summed E-state index contributed by atoms with van der Waals surface area (Å²) >= 11 is 1.32. The molecule has 6 nitrogen and oxygen atoms in total. The molecule has 2 atom stereocenters. The van der Waals surface area contributed by atoms with Gasteiger partial charge in [0.25, 0.3) is 0 Å². The van der Waals surface area contributed by atoms with Crippen LogP contribution in [0.4, 0.5) is 5.00 Å². The molecule has 2 N–H and O–H groups in total. The fourth-order valence-corrected chi connectivity index (χ4v) is 5.06. The minimum atomic E-state index is -0.940. The van der Waals surface area contributed by atoms with Crippen molar-refractivity contribution in [3.05, 3.63) is 40.8 Å². The van der Waals surface area contributed by atoms with Crippen molar-refractivity contribution in [2.24, 2.45) is 11.8 Å². The first-order chi connectivity index (χ1) is 14.4. The quantitative estimate of drug-likeness (QED) is 0.596. The predicted molar refractivity (Wildman–Crippen MR) is 117 cm³/mol. The molecular formula is C23H27NO5S. The molecule has 1 aromatic heterocycles. The molecule has 1 fully saturated rings. The summed E-state index contributed by atoms with van der Waals surface area (Å²) in [7, 11) is 0.